The second kappa shape index (κ2) is 8.70. The van der Waals surface area contributed by atoms with Crippen LogP contribution in [0.25, 0.3) is 39.4 Å². The summed E-state index contributed by atoms with van der Waals surface area (Å²) in [6, 6.07) is 24.3. The van der Waals surface area contributed by atoms with E-state index in [1.54, 1.807) is 0 Å². The average Bonchev–Trinajstić information content (AvgIpc) is 3.57. The third-order valence-electron chi connectivity index (χ3n) is 6.16. The minimum absolute atomic E-state index is 0.180. The van der Waals surface area contributed by atoms with Gasteiger partial charge in [0.25, 0.3) is 5.56 Å². The van der Waals surface area contributed by atoms with Crippen LogP contribution in [0.3, 0.4) is 0 Å². The Hall–Kier alpha value is -4.36. The Morgan fingerprint density at radius 1 is 0.861 bits per heavy atom. The second-order valence-corrected chi connectivity index (χ2v) is 9.96. The number of para-hydroxylation sites is 1. The van der Waals surface area contributed by atoms with Gasteiger partial charge in [-0.3, -0.25) is 4.79 Å². The molecule has 36 heavy (non-hydrogen) atoms. The predicted molar refractivity (Wildman–Crippen MR) is 145 cm³/mol. The maximum Gasteiger partial charge on any atom is 0.291 e. The number of fused-ring (bicyclic) bond motifs is 1. The van der Waals surface area contributed by atoms with Gasteiger partial charge in [-0.25, -0.2) is 4.68 Å². The predicted octanol–water partition coefficient (Wildman–Crippen LogP) is 5.14. The summed E-state index contributed by atoms with van der Waals surface area (Å²) >= 11 is 1.34. The Morgan fingerprint density at radius 2 is 1.67 bits per heavy atom. The lowest BCUT2D eigenvalue weighted by atomic mass is 10.0. The highest BCUT2D eigenvalue weighted by Gasteiger charge is 2.16. The largest absolute Gasteiger partial charge is 0.291 e. The van der Waals surface area contributed by atoms with Crippen molar-refractivity contribution in [1.29, 1.82) is 0 Å². The fraction of sp³-hybridized carbons (Fsp3) is 0.103. The van der Waals surface area contributed by atoms with Crippen LogP contribution in [0.5, 0.6) is 0 Å². The van der Waals surface area contributed by atoms with E-state index in [2.05, 4.69) is 42.1 Å². The first-order chi connectivity index (χ1) is 17.5. The number of aromatic nitrogens is 5. The summed E-state index contributed by atoms with van der Waals surface area (Å²) in [4.78, 5) is 18.5. The maximum atomic E-state index is 13.3. The molecule has 0 aliphatic rings. The van der Waals surface area contributed by atoms with E-state index in [4.69, 9.17) is 5.10 Å². The van der Waals surface area contributed by atoms with Gasteiger partial charge in [0.05, 0.1) is 10.2 Å². The van der Waals surface area contributed by atoms with Crippen LogP contribution in [0.15, 0.2) is 83.8 Å². The van der Waals surface area contributed by atoms with Crippen LogP contribution < -0.4 is 10.1 Å². The minimum atomic E-state index is -0.180. The number of hydrogen-bond donors (Lipinski definition) is 0. The normalized spacial score (nSPS) is 12.0. The Bertz CT molecular complexity index is 1850. The van der Waals surface area contributed by atoms with Gasteiger partial charge in [0.15, 0.2) is 5.82 Å². The van der Waals surface area contributed by atoms with Crippen molar-refractivity contribution in [2.45, 2.75) is 20.8 Å². The zero-order valence-electron chi connectivity index (χ0n) is 20.1. The molecule has 6 nitrogen and oxygen atoms in total. The van der Waals surface area contributed by atoms with E-state index in [-0.39, 0.29) is 5.56 Å². The number of rotatable bonds is 4. The van der Waals surface area contributed by atoms with Gasteiger partial charge in [-0.1, -0.05) is 71.0 Å². The number of thiazole rings is 1. The molecule has 3 aromatic carbocycles. The van der Waals surface area contributed by atoms with Crippen LogP contribution in [-0.4, -0.2) is 24.4 Å². The fourth-order valence-electron chi connectivity index (χ4n) is 4.29. The highest BCUT2D eigenvalue weighted by atomic mass is 32.1. The van der Waals surface area contributed by atoms with Crippen molar-refractivity contribution in [3.05, 3.63) is 116 Å². The van der Waals surface area contributed by atoms with E-state index in [0.717, 1.165) is 44.8 Å². The van der Waals surface area contributed by atoms with Crippen molar-refractivity contribution in [1.82, 2.24) is 24.4 Å². The molecule has 0 atom stereocenters. The molecule has 0 saturated heterocycles. The molecule has 0 spiro atoms. The molecule has 0 aliphatic carbocycles. The Kier molecular flexibility index (Phi) is 5.34. The summed E-state index contributed by atoms with van der Waals surface area (Å²) in [6.07, 6.45) is 3.87. The summed E-state index contributed by atoms with van der Waals surface area (Å²) in [5.41, 5.74) is 7.83. The maximum absolute atomic E-state index is 13.3. The lowest BCUT2D eigenvalue weighted by molar-refractivity contribution is 0.884. The standard InChI is InChI=1S/C29H23N5OS/c1-18-8-7-9-21(14-18)27-30-29-34(32-27)28(35)25(36-29)16-22-17-33(23-10-5-4-6-11-23)31-26(22)24-15-19(2)12-13-20(24)3/h4-17H,1-3H3. The first-order valence-corrected chi connectivity index (χ1v) is 12.5. The van der Waals surface area contributed by atoms with Gasteiger partial charge in [-0.05, 0) is 56.7 Å². The molecule has 3 heterocycles. The van der Waals surface area contributed by atoms with E-state index in [0.29, 0.717) is 15.3 Å². The van der Waals surface area contributed by atoms with Crippen LogP contribution in [-0.2, 0) is 0 Å². The summed E-state index contributed by atoms with van der Waals surface area (Å²) in [6.45, 7) is 6.17. The van der Waals surface area contributed by atoms with Gasteiger partial charge in [-0.15, -0.1) is 5.10 Å². The molecule has 176 valence electrons. The molecular weight excluding hydrogens is 466 g/mol. The molecule has 6 rings (SSSR count). The molecule has 0 amide bonds. The van der Waals surface area contributed by atoms with E-state index in [9.17, 15) is 4.79 Å². The van der Waals surface area contributed by atoms with Crippen molar-refractivity contribution in [2.75, 3.05) is 0 Å². The zero-order chi connectivity index (χ0) is 24.8. The van der Waals surface area contributed by atoms with Crippen molar-refractivity contribution < 1.29 is 0 Å². The SMILES string of the molecule is Cc1cccc(-c2nc3sc(=Cc4cn(-c5ccccc5)nc4-c4cc(C)ccc4C)c(=O)n3n2)c1. The lowest BCUT2D eigenvalue weighted by Crippen LogP contribution is -2.23. The topological polar surface area (TPSA) is 65.1 Å². The van der Waals surface area contributed by atoms with E-state index in [1.807, 2.05) is 78.5 Å². The van der Waals surface area contributed by atoms with Gasteiger partial charge in [-0.2, -0.15) is 14.6 Å². The highest BCUT2D eigenvalue weighted by Crippen LogP contribution is 2.28. The van der Waals surface area contributed by atoms with Crippen LogP contribution in [0.4, 0.5) is 0 Å². The minimum Gasteiger partial charge on any atom is -0.266 e. The van der Waals surface area contributed by atoms with Gasteiger partial charge >= 0.3 is 0 Å². The van der Waals surface area contributed by atoms with Crippen molar-refractivity contribution in [2.24, 2.45) is 0 Å². The summed E-state index contributed by atoms with van der Waals surface area (Å²) in [5, 5.41) is 9.44. The molecule has 0 aliphatic heterocycles. The van der Waals surface area contributed by atoms with Crippen molar-refractivity contribution in [3.63, 3.8) is 0 Å². The molecule has 7 heteroatoms. The Balaban J connectivity index is 1.51. The van der Waals surface area contributed by atoms with Crippen LogP contribution in [0.1, 0.15) is 22.3 Å². The number of benzene rings is 3. The third-order valence-corrected chi connectivity index (χ3v) is 7.12. The second-order valence-electron chi connectivity index (χ2n) is 8.95. The lowest BCUT2D eigenvalue weighted by Gasteiger charge is -2.05. The molecule has 0 fully saturated rings. The molecule has 0 unspecified atom stereocenters. The number of hydrogen-bond acceptors (Lipinski definition) is 5. The molecular formula is C29H23N5OS. The average molecular weight is 490 g/mol. The molecule has 0 radical (unpaired) electrons. The quantitative estimate of drug-likeness (QED) is 0.344. The molecule has 0 saturated carbocycles. The first kappa shape index (κ1) is 22.1. The number of aryl methyl sites for hydroxylation is 3. The van der Waals surface area contributed by atoms with E-state index in [1.165, 1.54) is 15.9 Å². The van der Waals surface area contributed by atoms with Crippen LogP contribution in [0.2, 0.25) is 0 Å². The van der Waals surface area contributed by atoms with Gasteiger partial charge in [0, 0.05) is 22.9 Å². The van der Waals surface area contributed by atoms with Crippen LogP contribution >= 0.6 is 11.3 Å². The first-order valence-electron chi connectivity index (χ1n) is 11.7. The highest BCUT2D eigenvalue weighted by molar-refractivity contribution is 7.15. The molecule has 0 N–H and O–H groups in total. The van der Waals surface area contributed by atoms with Crippen molar-refractivity contribution >= 4 is 22.4 Å². The molecule has 6 aromatic rings. The summed E-state index contributed by atoms with van der Waals surface area (Å²) in [5.74, 6) is 0.557. The smallest absolute Gasteiger partial charge is 0.266 e. The van der Waals surface area contributed by atoms with Crippen LogP contribution in [0, 0.1) is 20.8 Å². The molecule has 3 aromatic heterocycles. The van der Waals surface area contributed by atoms with E-state index < -0.39 is 0 Å². The Labute approximate surface area is 211 Å². The zero-order valence-corrected chi connectivity index (χ0v) is 21.0. The van der Waals surface area contributed by atoms with Gasteiger partial charge in [0.2, 0.25) is 4.96 Å². The molecule has 0 bridgehead atoms. The van der Waals surface area contributed by atoms with Gasteiger partial charge in [0.1, 0.15) is 5.69 Å². The monoisotopic (exact) mass is 489 g/mol. The Morgan fingerprint density at radius 3 is 2.44 bits per heavy atom. The third kappa shape index (κ3) is 3.93. The fourth-order valence-corrected chi connectivity index (χ4v) is 5.19. The summed E-state index contributed by atoms with van der Waals surface area (Å²) in [7, 11) is 0. The number of nitrogens with zero attached hydrogens (tertiary/aromatic N) is 5. The summed E-state index contributed by atoms with van der Waals surface area (Å²) < 4.78 is 3.83. The van der Waals surface area contributed by atoms with E-state index >= 15 is 0 Å². The van der Waals surface area contributed by atoms with Gasteiger partial charge < -0.3 is 0 Å². The van der Waals surface area contributed by atoms with Crippen molar-refractivity contribution in [3.8, 4) is 28.3 Å².